The number of hydrogen-bond acceptors (Lipinski definition) is 2. The van der Waals surface area contributed by atoms with Gasteiger partial charge in [0.15, 0.2) is 0 Å². The van der Waals surface area contributed by atoms with Crippen molar-refractivity contribution in [2.75, 3.05) is 12.7 Å². The first-order valence-electron chi connectivity index (χ1n) is 8.67. The highest BCUT2D eigenvalue weighted by Gasteiger charge is 2.14. The molecule has 0 saturated heterocycles. The molecule has 0 saturated carbocycles. The number of carbonyl (C=O) groups is 1. The molecule has 3 N–H and O–H groups in total. The van der Waals surface area contributed by atoms with Gasteiger partial charge in [0.2, 0.25) is 0 Å². The summed E-state index contributed by atoms with van der Waals surface area (Å²) in [5.74, 6) is -0.733. The largest absolute Gasteiger partial charge is 0.478 e. The lowest BCUT2D eigenvalue weighted by Gasteiger charge is -2.18. The maximum Gasteiger partial charge on any atom is 0.336 e. The second-order valence-electron chi connectivity index (χ2n) is 5.94. The second-order valence-corrected chi connectivity index (χ2v) is 8.28. The van der Waals surface area contributed by atoms with E-state index in [2.05, 4.69) is 29.3 Å². The van der Waals surface area contributed by atoms with E-state index in [9.17, 15) is 9.90 Å². The molecule has 0 aliphatic carbocycles. The number of aromatic carboxylic acids is 1. The standard InChI is InChI=1S/C22H21N2O2P/c23-21(19-13-7-8-14-20(19)22(25)26)24-15-16-27(17-9-3-1-4-10-17)18-11-5-2-6-12-18/h1-14H,15-16H2,(H2,23,24)(H,25,26). The lowest BCUT2D eigenvalue weighted by atomic mass is 10.1. The molecule has 3 rings (SSSR count). The zero-order chi connectivity index (χ0) is 19.1. The number of carboxylic acids is 1. The van der Waals surface area contributed by atoms with Crippen LogP contribution in [0, 0.1) is 0 Å². The van der Waals surface area contributed by atoms with Crippen molar-refractivity contribution in [2.45, 2.75) is 0 Å². The molecule has 0 heterocycles. The lowest BCUT2D eigenvalue weighted by Crippen LogP contribution is -2.20. The van der Waals surface area contributed by atoms with Crippen LogP contribution in [0.2, 0.25) is 0 Å². The number of aliphatic imine (C=N–C) groups is 1. The molecule has 3 aromatic rings. The van der Waals surface area contributed by atoms with Crippen molar-refractivity contribution in [1.82, 2.24) is 0 Å². The van der Waals surface area contributed by atoms with E-state index >= 15 is 0 Å². The molecule has 0 atom stereocenters. The maximum absolute atomic E-state index is 11.4. The molecule has 27 heavy (non-hydrogen) atoms. The number of benzene rings is 3. The molecule has 0 fully saturated rings. The Balaban J connectivity index is 1.80. The zero-order valence-corrected chi connectivity index (χ0v) is 15.7. The number of hydrogen-bond donors (Lipinski definition) is 2. The summed E-state index contributed by atoms with van der Waals surface area (Å²) in [5.41, 5.74) is 6.73. The first-order chi connectivity index (χ1) is 13.2. The van der Waals surface area contributed by atoms with E-state index in [0.717, 1.165) is 6.16 Å². The normalized spacial score (nSPS) is 11.5. The molecule has 0 unspecified atom stereocenters. The number of amidine groups is 1. The Labute approximate surface area is 160 Å². The molecular formula is C22H21N2O2P. The van der Waals surface area contributed by atoms with Crippen LogP contribution in [0.1, 0.15) is 15.9 Å². The van der Waals surface area contributed by atoms with E-state index in [1.54, 1.807) is 24.3 Å². The van der Waals surface area contributed by atoms with Crippen molar-refractivity contribution in [1.29, 1.82) is 0 Å². The maximum atomic E-state index is 11.4. The van der Waals surface area contributed by atoms with Gasteiger partial charge in [-0.3, -0.25) is 4.99 Å². The topological polar surface area (TPSA) is 75.7 Å². The third kappa shape index (κ3) is 4.81. The molecule has 0 bridgehead atoms. The van der Waals surface area contributed by atoms with Crippen LogP contribution in [0.15, 0.2) is 89.9 Å². The Morgan fingerprint density at radius 3 is 1.81 bits per heavy atom. The van der Waals surface area contributed by atoms with E-state index in [4.69, 9.17) is 5.73 Å². The summed E-state index contributed by atoms with van der Waals surface area (Å²) in [5, 5.41) is 11.9. The van der Waals surface area contributed by atoms with E-state index in [1.165, 1.54) is 10.6 Å². The Morgan fingerprint density at radius 2 is 1.30 bits per heavy atom. The van der Waals surface area contributed by atoms with Crippen LogP contribution in [0.5, 0.6) is 0 Å². The Hall–Kier alpha value is -2.97. The first-order valence-corrected chi connectivity index (χ1v) is 10.2. The number of nitrogens with zero attached hydrogens (tertiary/aromatic N) is 1. The highest BCUT2D eigenvalue weighted by molar-refractivity contribution is 7.73. The van der Waals surface area contributed by atoms with Crippen LogP contribution < -0.4 is 16.3 Å². The lowest BCUT2D eigenvalue weighted by molar-refractivity contribution is 0.0696. The molecule has 0 aromatic heterocycles. The van der Waals surface area contributed by atoms with Crippen LogP contribution >= 0.6 is 7.92 Å². The van der Waals surface area contributed by atoms with Crippen LogP contribution in [0.25, 0.3) is 0 Å². The summed E-state index contributed by atoms with van der Waals surface area (Å²) in [7, 11) is -0.550. The number of nitrogens with two attached hydrogens (primary N) is 1. The van der Waals surface area contributed by atoms with E-state index in [0.29, 0.717) is 12.1 Å². The second kappa shape index (κ2) is 9.11. The van der Waals surface area contributed by atoms with Gasteiger partial charge < -0.3 is 10.8 Å². The van der Waals surface area contributed by atoms with Crippen LogP contribution in [0.3, 0.4) is 0 Å². The molecule has 0 aliphatic heterocycles. The number of carboxylic acid groups (broad SMARTS) is 1. The Kier molecular flexibility index (Phi) is 6.35. The fourth-order valence-corrected chi connectivity index (χ4v) is 5.05. The minimum atomic E-state index is -1.00. The van der Waals surface area contributed by atoms with E-state index < -0.39 is 13.9 Å². The van der Waals surface area contributed by atoms with Gasteiger partial charge in [0, 0.05) is 12.1 Å². The average molecular weight is 376 g/mol. The molecule has 0 amide bonds. The zero-order valence-electron chi connectivity index (χ0n) is 14.8. The minimum Gasteiger partial charge on any atom is -0.478 e. The molecule has 136 valence electrons. The van der Waals surface area contributed by atoms with Gasteiger partial charge in [0.25, 0.3) is 0 Å². The molecule has 0 radical (unpaired) electrons. The summed E-state index contributed by atoms with van der Waals surface area (Å²) in [6.45, 7) is 0.537. The Bertz CT molecular complexity index is 888. The molecule has 4 nitrogen and oxygen atoms in total. The number of rotatable bonds is 7. The minimum absolute atomic E-state index is 0.173. The summed E-state index contributed by atoms with van der Waals surface area (Å²) in [6.07, 6.45) is 0.847. The molecule has 5 heteroatoms. The summed E-state index contributed by atoms with van der Waals surface area (Å²) < 4.78 is 0. The molecule has 3 aromatic carbocycles. The third-order valence-corrected chi connectivity index (χ3v) is 6.67. The van der Waals surface area contributed by atoms with Crippen LogP contribution in [-0.2, 0) is 0 Å². The van der Waals surface area contributed by atoms with Gasteiger partial charge in [-0.15, -0.1) is 0 Å². The van der Waals surface area contributed by atoms with Gasteiger partial charge in [-0.1, -0.05) is 78.9 Å². The van der Waals surface area contributed by atoms with Gasteiger partial charge in [-0.05, 0) is 30.8 Å². The van der Waals surface area contributed by atoms with Crippen molar-refractivity contribution in [2.24, 2.45) is 10.7 Å². The van der Waals surface area contributed by atoms with Crippen molar-refractivity contribution < 1.29 is 9.90 Å². The summed E-state index contributed by atoms with van der Waals surface area (Å²) >= 11 is 0. The van der Waals surface area contributed by atoms with Crippen molar-refractivity contribution >= 4 is 30.3 Å². The third-order valence-electron chi connectivity index (χ3n) is 4.17. The van der Waals surface area contributed by atoms with Crippen molar-refractivity contribution in [3.63, 3.8) is 0 Å². The Morgan fingerprint density at radius 1 is 0.815 bits per heavy atom. The summed E-state index contributed by atoms with van der Waals surface area (Å²) in [6, 6.07) is 27.5. The van der Waals surface area contributed by atoms with E-state index in [1.807, 2.05) is 36.4 Å². The SMILES string of the molecule is NC(=NCCP(c1ccccc1)c1ccccc1)c1ccccc1C(=O)O. The fraction of sp³-hybridized carbons (Fsp3) is 0.0909. The molecule has 0 spiro atoms. The monoisotopic (exact) mass is 376 g/mol. The first kappa shape index (κ1) is 18.8. The highest BCUT2D eigenvalue weighted by atomic mass is 31.1. The van der Waals surface area contributed by atoms with Crippen LogP contribution in [0.4, 0.5) is 0 Å². The van der Waals surface area contributed by atoms with Gasteiger partial charge in [0.1, 0.15) is 5.84 Å². The van der Waals surface area contributed by atoms with Gasteiger partial charge >= 0.3 is 5.97 Å². The predicted molar refractivity (Wildman–Crippen MR) is 113 cm³/mol. The molecular weight excluding hydrogens is 355 g/mol. The fourth-order valence-electron chi connectivity index (χ4n) is 2.87. The van der Waals surface area contributed by atoms with E-state index in [-0.39, 0.29) is 11.4 Å². The van der Waals surface area contributed by atoms with Crippen molar-refractivity contribution in [3.05, 3.63) is 96.1 Å². The van der Waals surface area contributed by atoms with Gasteiger partial charge in [0.05, 0.1) is 5.56 Å². The van der Waals surface area contributed by atoms with Gasteiger partial charge in [-0.2, -0.15) is 0 Å². The van der Waals surface area contributed by atoms with Crippen molar-refractivity contribution in [3.8, 4) is 0 Å². The quantitative estimate of drug-likeness (QED) is 0.378. The molecule has 0 aliphatic rings. The summed E-state index contributed by atoms with van der Waals surface area (Å²) in [4.78, 5) is 15.8. The average Bonchev–Trinajstić information content (AvgIpc) is 2.72. The van der Waals surface area contributed by atoms with Gasteiger partial charge in [-0.25, -0.2) is 4.79 Å². The predicted octanol–water partition coefficient (Wildman–Crippen LogP) is 3.22. The van der Waals surface area contributed by atoms with Crippen LogP contribution in [-0.4, -0.2) is 29.6 Å². The highest BCUT2D eigenvalue weighted by Crippen LogP contribution is 2.32. The smallest absolute Gasteiger partial charge is 0.336 e.